The van der Waals surface area contributed by atoms with Crippen LogP contribution in [0.3, 0.4) is 0 Å². The van der Waals surface area contributed by atoms with Crippen molar-refractivity contribution in [1.82, 2.24) is 14.9 Å². The summed E-state index contributed by atoms with van der Waals surface area (Å²) in [6.07, 6.45) is 0. The first kappa shape index (κ1) is 18.3. The standard InChI is InChI=1S/C23H21N3O4/c1-13(14-7-8-19-20(11-14)30-10-9-29-19)24-23(28)18-12-16-21(26(18)2)15-5-3-4-6-17(15)25-22(16)27/h3-8,11-13H,9-10H2,1-2H3,(H,24,28)(H,25,27). The summed E-state index contributed by atoms with van der Waals surface area (Å²) < 4.78 is 13.0. The van der Waals surface area contributed by atoms with Crippen LogP contribution < -0.4 is 20.3 Å². The first-order valence-electron chi connectivity index (χ1n) is 9.84. The van der Waals surface area contributed by atoms with Gasteiger partial charge in [-0.15, -0.1) is 0 Å². The molecule has 2 aromatic heterocycles. The Morgan fingerprint density at radius 1 is 1.07 bits per heavy atom. The van der Waals surface area contributed by atoms with E-state index in [1.807, 2.05) is 49.4 Å². The van der Waals surface area contributed by atoms with Crippen LogP contribution in [0.25, 0.3) is 21.8 Å². The van der Waals surface area contributed by atoms with Crippen molar-refractivity contribution < 1.29 is 14.3 Å². The second kappa shape index (κ2) is 6.95. The Morgan fingerprint density at radius 2 is 1.83 bits per heavy atom. The fraction of sp³-hybridized carbons (Fsp3) is 0.217. The monoisotopic (exact) mass is 403 g/mol. The highest BCUT2D eigenvalue weighted by atomic mass is 16.6. The summed E-state index contributed by atoms with van der Waals surface area (Å²) in [5.74, 6) is 1.14. The molecule has 1 atom stereocenters. The van der Waals surface area contributed by atoms with Gasteiger partial charge in [0.15, 0.2) is 11.5 Å². The van der Waals surface area contributed by atoms with Crippen LogP contribution in [0.1, 0.15) is 29.0 Å². The molecule has 3 heterocycles. The number of carbonyl (C=O) groups excluding carboxylic acids is 1. The van der Waals surface area contributed by atoms with E-state index in [2.05, 4.69) is 10.3 Å². The van der Waals surface area contributed by atoms with Crippen molar-refractivity contribution in [3.8, 4) is 11.5 Å². The van der Waals surface area contributed by atoms with Crippen molar-refractivity contribution in [2.24, 2.45) is 7.05 Å². The molecule has 152 valence electrons. The van der Waals surface area contributed by atoms with Crippen molar-refractivity contribution in [2.75, 3.05) is 13.2 Å². The maximum absolute atomic E-state index is 13.1. The fourth-order valence-corrected chi connectivity index (χ4v) is 3.99. The number of para-hydroxylation sites is 1. The van der Waals surface area contributed by atoms with Gasteiger partial charge < -0.3 is 24.3 Å². The van der Waals surface area contributed by atoms with Gasteiger partial charge in [-0.25, -0.2) is 0 Å². The average Bonchev–Trinajstić information content (AvgIpc) is 3.12. The minimum atomic E-state index is -0.250. The number of H-pyrrole nitrogens is 1. The lowest BCUT2D eigenvalue weighted by Crippen LogP contribution is -2.28. The second-order valence-corrected chi connectivity index (χ2v) is 7.45. The molecule has 0 bridgehead atoms. The Hall–Kier alpha value is -3.74. The van der Waals surface area contributed by atoms with E-state index in [-0.39, 0.29) is 17.5 Å². The van der Waals surface area contributed by atoms with Crippen molar-refractivity contribution in [1.29, 1.82) is 0 Å². The summed E-state index contributed by atoms with van der Waals surface area (Å²) in [6, 6.07) is 14.6. The molecule has 2 aromatic carbocycles. The number of ether oxygens (including phenoxy) is 2. The number of aromatic nitrogens is 2. The van der Waals surface area contributed by atoms with E-state index in [0.29, 0.717) is 35.8 Å². The summed E-state index contributed by atoms with van der Waals surface area (Å²) in [5, 5.41) is 4.41. The van der Waals surface area contributed by atoms with Gasteiger partial charge in [-0.2, -0.15) is 0 Å². The van der Waals surface area contributed by atoms with Gasteiger partial charge in [0.1, 0.15) is 18.9 Å². The van der Waals surface area contributed by atoms with E-state index in [9.17, 15) is 9.59 Å². The van der Waals surface area contributed by atoms with Gasteiger partial charge in [-0.3, -0.25) is 9.59 Å². The minimum Gasteiger partial charge on any atom is -0.486 e. The molecule has 1 aliphatic heterocycles. The number of benzene rings is 2. The lowest BCUT2D eigenvalue weighted by atomic mass is 10.1. The molecule has 0 radical (unpaired) electrons. The first-order valence-corrected chi connectivity index (χ1v) is 9.84. The largest absolute Gasteiger partial charge is 0.486 e. The van der Waals surface area contributed by atoms with Crippen LogP contribution in [0.4, 0.5) is 0 Å². The topological polar surface area (TPSA) is 85.4 Å². The maximum atomic E-state index is 13.1. The molecule has 0 saturated carbocycles. The molecule has 1 aliphatic rings. The summed E-state index contributed by atoms with van der Waals surface area (Å²) in [7, 11) is 1.80. The molecule has 5 rings (SSSR count). The smallest absolute Gasteiger partial charge is 0.268 e. The highest BCUT2D eigenvalue weighted by Gasteiger charge is 2.20. The predicted octanol–water partition coefficient (Wildman–Crippen LogP) is 3.28. The molecule has 1 unspecified atom stereocenters. The van der Waals surface area contributed by atoms with Crippen LogP contribution in [-0.2, 0) is 7.05 Å². The van der Waals surface area contributed by atoms with Gasteiger partial charge in [0.25, 0.3) is 11.5 Å². The fourth-order valence-electron chi connectivity index (χ4n) is 3.99. The van der Waals surface area contributed by atoms with E-state index < -0.39 is 0 Å². The maximum Gasteiger partial charge on any atom is 0.268 e. The number of nitrogens with zero attached hydrogens (tertiary/aromatic N) is 1. The van der Waals surface area contributed by atoms with Crippen molar-refractivity contribution in [3.63, 3.8) is 0 Å². The number of amides is 1. The number of carbonyl (C=O) groups is 1. The van der Waals surface area contributed by atoms with Crippen LogP contribution in [0.5, 0.6) is 11.5 Å². The Labute approximate surface area is 172 Å². The zero-order valence-electron chi connectivity index (χ0n) is 16.7. The minimum absolute atomic E-state index is 0.210. The average molecular weight is 403 g/mol. The summed E-state index contributed by atoms with van der Waals surface area (Å²) in [5.41, 5.74) is 2.61. The van der Waals surface area contributed by atoms with Gasteiger partial charge in [0, 0.05) is 12.4 Å². The van der Waals surface area contributed by atoms with Crippen molar-refractivity contribution >= 4 is 27.7 Å². The number of aromatic amines is 1. The zero-order chi connectivity index (χ0) is 20.8. The molecule has 30 heavy (non-hydrogen) atoms. The highest BCUT2D eigenvalue weighted by Crippen LogP contribution is 2.32. The normalized spacial score (nSPS) is 14.1. The van der Waals surface area contributed by atoms with Gasteiger partial charge >= 0.3 is 0 Å². The molecule has 0 saturated heterocycles. The van der Waals surface area contributed by atoms with Gasteiger partial charge in [-0.1, -0.05) is 24.3 Å². The number of aryl methyl sites for hydroxylation is 1. The van der Waals surface area contributed by atoms with E-state index in [1.54, 1.807) is 17.7 Å². The molecule has 0 spiro atoms. The molecule has 2 N–H and O–H groups in total. The SMILES string of the molecule is CC(NC(=O)c1cc2c(=O)[nH]c3ccccc3c2n1C)c1ccc2c(c1)OCCO2. The molecule has 1 amide bonds. The molecule has 0 aliphatic carbocycles. The van der Waals surface area contributed by atoms with E-state index in [4.69, 9.17) is 9.47 Å². The molecule has 4 aromatic rings. The zero-order valence-corrected chi connectivity index (χ0v) is 16.7. The second-order valence-electron chi connectivity index (χ2n) is 7.45. The third-order valence-electron chi connectivity index (χ3n) is 5.55. The van der Waals surface area contributed by atoms with E-state index in [1.165, 1.54) is 0 Å². The molecular weight excluding hydrogens is 382 g/mol. The Morgan fingerprint density at radius 3 is 2.67 bits per heavy atom. The molecular formula is C23H21N3O4. The quantitative estimate of drug-likeness (QED) is 0.550. The molecule has 0 fully saturated rings. The lowest BCUT2D eigenvalue weighted by molar-refractivity contribution is 0.0932. The van der Waals surface area contributed by atoms with Crippen molar-refractivity contribution in [2.45, 2.75) is 13.0 Å². The third kappa shape index (κ3) is 2.90. The van der Waals surface area contributed by atoms with Crippen LogP contribution in [0.2, 0.25) is 0 Å². The van der Waals surface area contributed by atoms with Crippen LogP contribution in [0, 0.1) is 0 Å². The number of rotatable bonds is 3. The summed E-state index contributed by atoms with van der Waals surface area (Å²) in [6.45, 7) is 2.96. The van der Waals surface area contributed by atoms with E-state index >= 15 is 0 Å². The molecule has 7 heteroatoms. The number of fused-ring (bicyclic) bond motifs is 4. The first-order chi connectivity index (χ1) is 14.5. The summed E-state index contributed by atoms with van der Waals surface area (Å²) >= 11 is 0. The number of hydrogen-bond donors (Lipinski definition) is 2. The number of pyridine rings is 1. The van der Waals surface area contributed by atoms with Gasteiger partial charge in [0.05, 0.1) is 22.5 Å². The van der Waals surface area contributed by atoms with Crippen LogP contribution in [-0.4, -0.2) is 28.7 Å². The third-order valence-corrected chi connectivity index (χ3v) is 5.55. The number of hydrogen-bond acceptors (Lipinski definition) is 4. The van der Waals surface area contributed by atoms with E-state index in [0.717, 1.165) is 22.0 Å². The Bertz CT molecular complexity index is 1350. The van der Waals surface area contributed by atoms with Gasteiger partial charge in [-0.05, 0) is 36.8 Å². The van der Waals surface area contributed by atoms with Crippen molar-refractivity contribution in [3.05, 3.63) is 70.1 Å². The van der Waals surface area contributed by atoms with Crippen LogP contribution in [0.15, 0.2) is 53.3 Å². The predicted molar refractivity (Wildman–Crippen MR) is 114 cm³/mol. The Balaban J connectivity index is 1.49. The number of nitrogens with one attached hydrogen (secondary N) is 2. The Kier molecular flexibility index (Phi) is 4.24. The lowest BCUT2D eigenvalue weighted by Gasteiger charge is -2.21. The summed E-state index contributed by atoms with van der Waals surface area (Å²) in [4.78, 5) is 28.5. The highest BCUT2D eigenvalue weighted by molar-refractivity contribution is 6.07. The van der Waals surface area contributed by atoms with Gasteiger partial charge in [0.2, 0.25) is 0 Å². The molecule has 7 nitrogen and oxygen atoms in total. The van der Waals surface area contributed by atoms with Crippen LogP contribution >= 0.6 is 0 Å².